The average Bonchev–Trinajstić information content (AvgIpc) is 2.79. The normalized spacial score (nSPS) is 10.9. The molecule has 1 N–H and O–H groups in total. The molecular formula is C28H24N2O. The van der Waals surface area contributed by atoms with E-state index in [9.17, 15) is 4.79 Å². The molecule has 1 amide bonds. The van der Waals surface area contributed by atoms with Crippen LogP contribution in [-0.2, 0) is 4.79 Å². The summed E-state index contributed by atoms with van der Waals surface area (Å²) in [6.07, 6.45) is 8.87. The molecule has 0 fully saturated rings. The minimum Gasteiger partial charge on any atom is -0.322 e. The second kappa shape index (κ2) is 9.23. The first-order chi connectivity index (χ1) is 15.1. The Morgan fingerprint density at radius 3 is 2.13 bits per heavy atom. The van der Waals surface area contributed by atoms with E-state index in [1.165, 1.54) is 11.1 Å². The summed E-state index contributed by atoms with van der Waals surface area (Å²) in [6, 6.07) is 24.5. The van der Waals surface area contributed by atoms with Crippen LogP contribution in [0.4, 0.5) is 5.69 Å². The zero-order valence-corrected chi connectivity index (χ0v) is 17.7. The van der Waals surface area contributed by atoms with E-state index >= 15 is 0 Å². The highest BCUT2D eigenvalue weighted by atomic mass is 16.1. The number of rotatable bonds is 5. The van der Waals surface area contributed by atoms with Gasteiger partial charge < -0.3 is 5.32 Å². The molecule has 31 heavy (non-hydrogen) atoms. The Bertz CT molecular complexity index is 1210. The number of carbonyl (C=O) groups excluding carboxylic acids is 1. The van der Waals surface area contributed by atoms with Crippen LogP contribution in [0.3, 0.4) is 0 Å². The molecule has 1 aromatic heterocycles. The van der Waals surface area contributed by atoms with Gasteiger partial charge >= 0.3 is 0 Å². The third-order valence-electron chi connectivity index (χ3n) is 5.17. The van der Waals surface area contributed by atoms with Crippen molar-refractivity contribution in [2.24, 2.45) is 0 Å². The Morgan fingerprint density at radius 2 is 1.48 bits per heavy atom. The number of nitrogens with one attached hydrogen (secondary N) is 1. The number of nitrogens with zero attached hydrogens (tertiary/aromatic N) is 1. The smallest absolute Gasteiger partial charge is 0.248 e. The fraction of sp³-hybridized carbons (Fsp3) is 0.0714. The second-order valence-electron chi connectivity index (χ2n) is 7.56. The van der Waals surface area contributed by atoms with Crippen LogP contribution in [0, 0.1) is 13.8 Å². The number of hydrogen-bond donors (Lipinski definition) is 1. The van der Waals surface area contributed by atoms with Gasteiger partial charge in [-0.15, -0.1) is 0 Å². The molecule has 1 heterocycles. The molecule has 0 aliphatic heterocycles. The van der Waals surface area contributed by atoms with E-state index in [2.05, 4.69) is 72.7 Å². The molecule has 0 unspecified atom stereocenters. The van der Waals surface area contributed by atoms with Crippen molar-refractivity contribution < 1.29 is 4.79 Å². The van der Waals surface area contributed by atoms with Gasteiger partial charge in [0.05, 0.1) is 0 Å². The maximum absolute atomic E-state index is 12.6. The van der Waals surface area contributed by atoms with E-state index in [-0.39, 0.29) is 5.91 Å². The van der Waals surface area contributed by atoms with E-state index < -0.39 is 0 Å². The predicted octanol–water partition coefficient (Wildman–Crippen LogP) is 6.48. The van der Waals surface area contributed by atoms with Crippen molar-refractivity contribution in [3.63, 3.8) is 0 Å². The number of aromatic nitrogens is 1. The maximum atomic E-state index is 12.6. The molecule has 0 saturated carbocycles. The fourth-order valence-corrected chi connectivity index (χ4v) is 3.46. The van der Waals surface area contributed by atoms with E-state index in [0.29, 0.717) is 0 Å². The van der Waals surface area contributed by atoms with Crippen LogP contribution < -0.4 is 5.32 Å². The van der Waals surface area contributed by atoms with Gasteiger partial charge in [-0.2, -0.15) is 0 Å². The minimum atomic E-state index is -0.173. The lowest BCUT2D eigenvalue weighted by atomic mass is 9.96. The number of anilines is 1. The Hall–Kier alpha value is -3.98. The minimum absolute atomic E-state index is 0.173. The largest absolute Gasteiger partial charge is 0.322 e. The molecule has 0 bridgehead atoms. The molecule has 3 aromatic carbocycles. The van der Waals surface area contributed by atoms with Gasteiger partial charge in [0.25, 0.3) is 0 Å². The lowest BCUT2D eigenvalue weighted by molar-refractivity contribution is -0.111. The number of hydrogen-bond acceptors (Lipinski definition) is 2. The summed E-state index contributed by atoms with van der Waals surface area (Å²) in [6.45, 7) is 4.15. The number of aryl methyl sites for hydroxylation is 2. The van der Waals surface area contributed by atoms with Gasteiger partial charge in [-0.3, -0.25) is 9.78 Å². The predicted molar refractivity (Wildman–Crippen MR) is 129 cm³/mol. The summed E-state index contributed by atoms with van der Waals surface area (Å²) >= 11 is 0. The summed E-state index contributed by atoms with van der Waals surface area (Å²) in [5.74, 6) is -0.173. The molecular weight excluding hydrogens is 380 g/mol. The van der Waals surface area contributed by atoms with Crippen LogP contribution in [-0.4, -0.2) is 10.9 Å². The van der Waals surface area contributed by atoms with Gasteiger partial charge in [0.15, 0.2) is 0 Å². The first-order valence-corrected chi connectivity index (χ1v) is 10.3. The summed E-state index contributed by atoms with van der Waals surface area (Å²) in [5.41, 5.74) is 6.50. The number of allylic oxidation sites excluding steroid dienone is 2. The highest BCUT2D eigenvalue weighted by Crippen LogP contribution is 2.25. The molecule has 0 atom stereocenters. The summed E-state index contributed by atoms with van der Waals surface area (Å²) in [5, 5.41) is 4.93. The van der Waals surface area contributed by atoms with Gasteiger partial charge in [-0.1, -0.05) is 83.9 Å². The van der Waals surface area contributed by atoms with E-state index in [4.69, 9.17) is 0 Å². The zero-order chi connectivity index (χ0) is 21.6. The van der Waals surface area contributed by atoms with Crippen LogP contribution in [0.1, 0.15) is 22.3 Å². The van der Waals surface area contributed by atoms with Crippen LogP contribution in [0.15, 0.2) is 103 Å². The van der Waals surface area contributed by atoms with Crippen molar-refractivity contribution in [2.45, 2.75) is 13.8 Å². The Morgan fingerprint density at radius 1 is 0.839 bits per heavy atom. The molecule has 4 aromatic rings. The molecule has 0 spiro atoms. The molecule has 152 valence electrons. The monoisotopic (exact) mass is 404 g/mol. The quantitative estimate of drug-likeness (QED) is 0.306. The van der Waals surface area contributed by atoms with Gasteiger partial charge in [0.1, 0.15) is 0 Å². The van der Waals surface area contributed by atoms with Crippen molar-refractivity contribution >= 4 is 27.9 Å². The van der Waals surface area contributed by atoms with Crippen molar-refractivity contribution in [1.29, 1.82) is 0 Å². The van der Waals surface area contributed by atoms with E-state index in [1.807, 2.05) is 30.3 Å². The van der Waals surface area contributed by atoms with Gasteiger partial charge in [0.2, 0.25) is 5.91 Å². The molecule has 3 heteroatoms. The Balaban J connectivity index is 1.59. The Kier molecular flexibility index (Phi) is 6.04. The standard InChI is InChI=1S/C28H24N2O/c1-20-9-13-22(14-10-20)25(23-15-11-21(2)12-16-23)6-4-8-28(31)30-27-7-3-5-24-19-29-18-17-26(24)27/h3-19H,1-2H3,(H,30,31)/b8-4+. The van der Waals surface area contributed by atoms with Crippen molar-refractivity contribution in [2.75, 3.05) is 5.32 Å². The summed E-state index contributed by atoms with van der Waals surface area (Å²) in [7, 11) is 0. The molecule has 0 aliphatic carbocycles. The lowest BCUT2D eigenvalue weighted by Gasteiger charge is -2.09. The number of benzene rings is 3. The van der Waals surface area contributed by atoms with Crippen LogP contribution in [0.2, 0.25) is 0 Å². The topological polar surface area (TPSA) is 42.0 Å². The molecule has 3 nitrogen and oxygen atoms in total. The average molecular weight is 405 g/mol. The fourth-order valence-electron chi connectivity index (χ4n) is 3.46. The van der Waals surface area contributed by atoms with E-state index in [0.717, 1.165) is 33.2 Å². The van der Waals surface area contributed by atoms with Crippen molar-refractivity contribution in [1.82, 2.24) is 4.98 Å². The lowest BCUT2D eigenvalue weighted by Crippen LogP contribution is -2.08. The van der Waals surface area contributed by atoms with Crippen molar-refractivity contribution in [3.05, 3.63) is 126 Å². The van der Waals surface area contributed by atoms with Crippen LogP contribution in [0.5, 0.6) is 0 Å². The highest BCUT2D eigenvalue weighted by molar-refractivity contribution is 6.06. The SMILES string of the molecule is Cc1ccc(C(=C/C=C/C(=O)Nc2cccc3cnccc23)c2ccc(C)cc2)cc1. The number of amides is 1. The summed E-state index contributed by atoms with van der Waals surface area (Å²) in [4.78, 5) is 16.7. The van der Waals surface area contributed by atoms with Gasteiger partial charge in [-0.25, -0.2) is 0 Å². The molecule has 4 rings (SSSR count). The van der Waals surface area contributed by atoms with Crippen molar-refractivity contribution in [3.8, 4) is 0 Å². The number of pyridine rings is 1. The number of carbonyl (C=O) groups is 1. The summed E-state index contributed by atoms with van der Waals surface area (Å²) < 4.78 is 0. The first kappa shape index (κ1) is 20.3. The van der Waals surface area contributed by atoms with Gasteiger partial charge in [-0.05, 0) is 42.7 Å². The molecule has 0 aliphatic rings. The molecule has 0 radical (unpaired) electrons. The maximum Gasteiger partial charge on any atom is 0.248 e. The highest BCUT2D eigenvalue weighted by Gasteiger charge is 2.05. The van der Waals surface area contributed by atoms with Crippen LogP contribution >= 0.6 is 0 Å². The van der Waals surface area contributed by atoms with Crippen LogP contribution in [0.25, 0.3) is 16.3 Å². The third kappa shape index (κ3) is 4.96. The Labute approximate surface area is 182 Å². The second-order valence-corrected chi connectivity index (χ2v) is 7.56. The van der Waals surface area contributed by atoms with Gasteiger partial charge in [0, 0.05) is 34.9 Å². The van der Waals surface area contributed by atoms with E-state index in [1.54, 1.807) is 24.5 Å². The first-order valence-electron chi connectivity index (χ1n) is 10.3. The zero-order valence-electron chi connectivity index (χ0n) is 17.7. The number of fused-ring (bicyclic) bond motifs is 1. The third-order valence-corrected chi connectivity index (χ3v) is 5.17. The molecule has 0 saturated heterocycles.